The zero-order valence-electron chi connectivity index (χ0n) is 11.9. The van der Waals surface area contributed by atoms with Gasteiger partial charge in [-0.3, -0.25) is 4.79 Å². The quantitative estimate of drug-likeness (QED) is 0.734. The standard InChI is InChI=1S/C17H15ClN2O/c1-10-4-3-5-14(18)16(10)15(21)8-12-7-13-6-11(2)20-17(13)19-9-12/h3-7,9H,8H2,1-2H3,(H,19,20). The van der Waals surface area contributed by atoms with Gasteiger partial charge in [-0.1, -0.05) is 23.7 Å². The third kappa shape index (κ3) is 2.69. The van der Waals surface area contributed by atoms with Crippen molar-refractivity contribution >= 4 is 28.4 Å². The van der Waals surface area contributed by atoms with E-state index in [0.29, 0.717) is 17.0 Å². The van der Waals surface area contributed by atoms with Gasteiger partial charge in [-0.05, 0) is 43.2 Å². The number of benzene rings is 1. The Balaban J connectivity index is 1.92. The summed E-state index contributed by atoms with van der Waals surface area (Å²) in [7, 11) is 0. The lowest BCUT2D eigenvalue weighted by molar-refractivity contribution is 0.0992. The molecule has 3 rings (SSSR count). The number of pyridine rings is 1. The maximum Gasteiger partial charge on any atom is 0.169 e. The lowest BCUT2D eigenvalue weighted by Gasteiger charge is -2.07. The van der Waals surface area contributed by atoms with Crippen molar-refractivity contribution in [3.05, 3.63) is 63.9 Å². The van der Waals surface area contributed by atoms with Crippen LogP contribution in [0.4, 0.5) is 0 Å². The highest BCUT2D eigenvalue weighted by atomic mass is 35.5. The third-order valence-electron chi connectivity index (χ3n) is 3.53. The number of hydrogen-bond acceptors (Lipinski definition) is 2. The van der Waals surface area contributed by atoms with Crippen molar-refractivity contribution in [3.63, 3.8) is 0 Å². The fourth-order valence-electron chi connectivity index (χ4n) is 2.55. The third-order valence-corrected chi connectivity index (χ3v) is 3.84. The molecule has 0 aliphatic heterocycles. The number of H-pyrrole nitrogens is 1. The number of fused-ring (bicyclic) bond motifs is 1. The van der Waals surface area contributed by atoms with E-state index in [4.69, 9.17) is 11.6 Å². The Bertz CT molecular complexity index is 816. The van der Waals surface area contributed by atoms with Gasteiger partial charge in [0, 0.05) is 29.3 Å². The first-order valence-electron chi connectivity index (χ1n) is 6.77. The van der Waals surface area contributed by atoms with Crippen molar-refractivity contribution in [1.82, 2.24) is 9.97 Å². The van der Waals surface area contributed by atoms with Gasteiger partial charge in [0.2, 0.25) is 0 Å². The van der Waals surface area contributed by atoms with Crippen LogP contribution in [0, 0.1) is 13.8 Å². The second-order valence-corrected chi connectivity index (χ2v) is 5.67. The first-order valence-corrected chi connectivity index (χ1v) is 7.15. The molecular weight excluding hydrogens is 284 g/mol. The molecule has 0 atom stereocenters. The van der Waals surface area contributed by atoms with E-state index in [-0.39, 0.29) is 5.78 Å². The van der Waals surface area contributed by atoms with Crippen LogP contribution in [0.15, 0.2) is 36.5 Å². The second-order valence-electron chi connectivity index (χ2n) is 5.27. The van der Waals surface area contributed by atoms with Crippen LogP contribution in [0.3, 0.4) is 0 Å². The number of Topliss-reactive ketones (excluding diaryl/α,β-unsaturated/α-hetero) is 1. The van der Waals surface area contributed by atoms with Crippen LogP contribution in [-0.4, -0.2) is 15.8 Å². The number of carbonyl (C=O) groups is 1. The maximum absolute atomic E-state index is 12.5. The number of nitrogens with zero attached hydrogens (tertiary/aromatic N) is 1. The molecule has 3 nitrogen and oxygen atoms in total. The number of halogens is 1. The monoisotopic (exact) mass is 298 g/mol. The van der Waals surface area contributed by atoms with Crippen LogP contribution in [0.2, 0.25) is 5.02 Å². The number of aromatic nitrogens is 2. The molecule has 2 aromatic heterocycles. The molecule has 4 heteroatoms. The molecule has 0 unspecified atom stereocenters. The molecule has 0 saturated carbocycles. The fraction of sp³-hybridized carbons (Fsp3) is 0.176. The van der Waals surface area contributed by atoms with E-state index in [1.807, 2.05) is 38.1 Å². The number of nitrogens with one attached hydrogen (secondary N) is 1. The molecule has 0 aliphatic carbocycles. The van der Waals surface area contributed by atoms with E-state index < -0.39 is 0 Å². The van der Waals surface area contributed by atoms with Crippen molar-refractivity contribution in [2.24, 2.45) is 0 Å². The van der Waals surface area contributed by atoms with Crippen LogP contribution in [0.5, 0.6) is 0 Å². The summed E-state index contributed by atoms with van der Waals surface area (Å²) in [5, 5.41) is 1.53. The predicted molar refractivity (Wildman–Crippen MR) is 85.1 cm³/mol. The minimum Gasteiger partial charge on any atom is -0.344 e. The molecule has 21 heavy (non-hydrogen) atoms. The van der Waals surface area contributed by atoms with Crippen molar-refractivity contribution in [2.45, 2.75) is 20.3 Å². The Morgan fingerprint density at radius 3 is 2.86 bits per heavy atom. The molecule has 0 bridgehead atoms. The molecule has 0 radical (unpaired) electrons. The summed E-state index contributed by atoms with van der Waals surface area (Å²) >= 11 is 6.15. The van der Waals surface area contributed by atoms with Gasteiger partial charge >= 0.3 is 0 Å². The molecule has 0 amide bonds. The molecule has 0 spiro atoms. The van der Waals surface area contributed by atoms with Gasteiger partial charge in [-0.15, -0.1) is 0 Å². The molecule has 0 saturated heterocycles. The summed E-state index contributed by atoms with van der Waals surface area (Å²) in [6.07, 6.45) is 2.04. The van der Waals surface area contributed by atoms with Gasteiger partial charge in [-0.2, -0.15) is 0 Å². The first kappa shape index (κ1) is 13.8. The van der Waals surface area contributed by atoms with Gasteiger partial charge in [-0.25, -0.2) is 4.98 Å². The SMILES string of the molecule is Cc1cc2cc(CC(=O)c3c(C)cccc3Cl)cnc2[nH]1. The lowest BCUT2D eigenvalue weighted by Crippen LogP contribution is -2.06. The van der Waals surface area contributed by atoms with Crippen molar-refractivity contribution in [1.29, 1.82) is 0 Å². The zero-order chi connectivity index (χ0) is 15.0. The number of aryl methyl sites for hydroxylation is 2. The van der Waals surface area contributed by atoms with E-state index in [1.165, 1.54) is 0 Å². The second kappa shape index (κ2) is 5.34. The van der Waals surface area contributed by atoms with Crippen molar-refractivity contribution < 1.29 is 4.79 Å². The molecule has 106 valence electrons. The van der Waals surface area contributed by atoms with Gasteiger partial charge in [0.05, 0.1) is 5.02 Å². The summed E-state index contributed by atoms with van der Waals surface area (Å²) < 4.78 is 0. The Labute approximate surface area is 128 Å². The highest BCUT2D eigenvalue weighted by Crippen LogP contribution is 2.22. The number of hydrogen-bond donors (Lipinski definition) is 1. The van der Waals surface area contributed by atoms with Crippen molar-refractivity contribution in [3.8, 4) is 0 Å². The van der Waals surface area contributed by atoms with Crippen LogP contribution in [-0.2, 0) is 6.42 Å². The molecule has 1 N–H and O–H groups in total. The molecule has 3 aromatic rings. The lowest BCUT2D eigenvalue weighted by atomic mass is 9.99. The number of carbonyl (C=O) groups excluding carboxylic acids is 1. The van der Waals surface area contributed by atoms with Crippen LogP contribution in [0.25, 0.3) is 11.0 Å². The molecule has 0 aliphatic rings. The maximum atomic E-state index is 12.5. The van der Waals surface area contributed by atoms with Gasteiger partial charge in [0.1, 0.15) is 5.65 Å². The molecule has 2 heterocycles. The van der Waals surface area contributed by atoms with Crippen LogP contribution in [0.1, 0.15) is 27.2 Å². The Morgan fingerprint density at radius 1 is 1.29 bits per heavy atom. The van der Waals surface area contributed by atoms with Crippen LogP contribution < -0.4 is 0 Å². The minimum absolute atomic E-state index is 0.0199. The van der Waals surface area contributed by atoms with E-state index in [1.54, 1.807) is 12.3 Å². The summed E-state index contributed by atoms with van der Waals surface area (Å²) in [4.78, 5) is 20.0. The van der Waals surface area contributed by atoms with Gasteiger partial charge in [0.25, 0.3) is 0 Å². The summed E-state index contributed by atoms with van der Waals surface area (Å²) in [5.74, 6) is 0.0199. The van der Waals surface area contributed by atoms with Crippen molar-refractivity contribution in [2.75, 3.05) is 0 Å². The molecule has 0 fully saturated rings. The normalized spacial score (nSPS) is 11.0. The number of rotatable bonds is 3. The number of ketones is 1. The van der Waals surface area contributed by atoms with Gasteiger partial charge in [0.15, 0.2) is 5.78 Å². The fourth-order valence-corrected chi connectivity index (χ4v) is 2.88. The first-order chi connectivity index (χ1) is 10.0. The Kier molecular flexibility index (Phi) is 3.52. The Hall–Kier alpha value is -2.13. The summed E-state index contributed by atoms with van der Waals surface area (Å²) in [5.41, 5.74) is 4.30. The van der Waals surface area contributed by atoms with E-state index >= 15 is 0 Å². The highest BCUT2D eigenvalue weighted by molar-refractivity contribution is 6.34. The van der Waals surface area contributed by atoms with E-state index in [0.717, 1.165) is 27.9 Å². The average molecular weight is 299 g/mol. The summed E-state index contributed by atoms with van der Waals surface area (Å²) in [6, 6.07) is 9.52. The van der Waals surface area contributed by atoms with E-state index in [2.05, 4.69) is 9.97 Å². The molecule has 1 aromatic carbocycles. The van der Waals surface area contributed by atoms with E-state index in [9.17, 15) is 4.79 Å². The average Bonchev–Trinajstić information content (AvgIpc) is 2.77. The largest absolute Gasteiger partial charge is 0.344 e. The van der Waals surface area contributed by atoms with Gasteiger partial charge < -0.3 is 4.98 Å². The summed E-state index contributed by atoms with van der Waals surface area (Å²) in [6.45, 7) is 3.88. The number of aromatic amines is 1. The highest BCUT2D eigenvalue weighted by Gasteiger charge is 2.14. The Morgan fingerprint density at radius 2 is 2.10 bits per heavy atom. The predicted octanol–water partition coefficient (Wildman–Crippen LogP) is 4.26. The minimum atomic E-state index is 0.0199. The molecular formula is C17H15ClN2O. The zero-order valence-corrected chi connectivity index (χ0v) is 12.7. The van der Waals surface area contributed by atoms with Crippen LogP contribution >= 0.6 is 11.6 Å². The topological polar surface area (TPSA) is 45.8 Å². The smallest absolute Gasteiger partial charge is 0.169 e.